The zero-order valence-corrected chi connectivity index (χ0v) is 13.6. The number of carbonyl (C=O) groups is 2. The van der Waals surface area contributed by atoms with Crippen LogP contribution in [0, 0.1) is 5.92 Å². The lowest BCUT2D eigenvalue weighted by atomic mass is 10.0. The first-order valence-corrected chi connectivity index (χ1v) is 8.28. The van der Waals surface area contributed by atoms with Gasteiger partial charge in [-0.2, -0.15) is 5.10 Å². The monoisotopic (exact) mass is 337 g/mol. The first-order chi connectivity index (χ1) is 11.6. The molecule has 3 rings (SSSR count). The van der Waals surface area contributed by atoms with E-state index in [-0.39, 0.29) is 19.0 Å². The third-order valence-electron chi connectivity index (χ3n) is 4.73. The molecule has 24 heavy (non-hydrogen) atoms. The van der Waals surface area contributed by atoms with Crippen molar-refractivity contribution in [2.24, 2.45) is 5.92 Å². The summed E-state index contributed by atoms with van der Waals surface area (Å²) in [5, 5.41) is 13.5. The molecule has 1 amide bonds. The van der Waals surface area contributed by atoms with E-state index in [0.29, 0.717) is 38.9 Å². The largest absolute Gasteiger partial charge is 0.481 e. The van der Waals surface area contributed by atoms with Gasteiger partial charge in [0.2, 0.25) is 5.91 Å². The Labute approximate surface area is 140 Å². The van der Waals surface area contributed by atoms with Gasteiger partial charge in [0.05, 0.1) is 5.92 Å². The van der Waals surface area contributed by atoms with Crippen LogP contribution in [0.2, 0.25) is 0 Å². The standard InChI is InChI=1S/C15H23N5O4/c21-14(9-20-11-16-10-17-20)19-4-3-18(7-12(8-19)15(22)23)13-1-5-24-6-2-13/h10-13H,1-9H2,(H,22,23)/t12-/m0/s1. The Balaban J connectivity index is 1.66. The summed E-state index contributed by atoms with van der Waals surface area (Å²) < 4.78 is 6.85. The summed E-state index contributed by atoms with van der Waals surface area (Å²) in [6.07, 6.45) is 4.69. The molecule has 2 aliphatic heterocycles. The van der Waals surface area contributed by atoms with E-state index in [1.807, 2.05) is 0 Å². The topological polar surface area (TPSA) is 101 Å². The normalized spacial score (nSPS) is 23.8. The van der Waals surface area contributed by atoms with E-state index in [4.69, 9.17) is 4.74 Å². The lowest BCUT2D eigenvalue weighted by Gasteiger charge is -2.34. The van der Waals surface area contributed by atoms with E-state index in [9.17, 15) is 14.7 Å². The molecule has 0 aliphatic carbocycles. The predicted octanol–water partition coefficient (Wildman–Crippen LogP) is -0.698. The van der Waals surface area contributed by atoms with E-state index in [2.05, 4.69) is 15.0 Å². The third-order valence-corrected chi connectivity index (χ3v) is 4.73. The minimum atomic E-state index is -0.854. The number of rotatable bonds is 4. The van der Waals surface area contributed by atoms with E-state index in [1.54, 1.807) is 4.90 Å². The van der Waals surface area contributed by atoms with Crippen LogP contribution in [0.15, 0.2) is 12.7 Å². The summed E-state index contributed by atoms with van der Waals surface area (Å²) in [6, 6.07) is 0.339. The highest BCUT2D eigenvalue weighted by molar-refractivity contribution is 5.77. The second kappa shape index (κ2) is 7.71. The molecule has 1 aromatic heterocycles. The summed E-state index contributed by atoms with van der Waals surface area (Å²) in [7, 11) is 0. The van der Waals surface area contributed by atoms with Crippen LogP contribution in [0.4, 0.5) is 0 Å². The van der Waals surface area contributed by atoms with Gasteiger partial charge in [-0.1, -0.05) is 0 Å². The molecule has 1 aromatic rings. The van der Waals surface area contributed by atoms with Crippen molar-refractivity contribution in [3.05, 3.63) is 12.7 Å². The molecule has 2 saturated heterocycles. The highest BCUT2D eigenvalue weighted by Crippen LogP contribution is 2.19. The van der Waals surface area contributed by atoms with Gasteiger partial charge in [0.1, 0.15) is 19.2 Å². The first kappa shape index (κ1) is 16.8. The van der Waals surface area contributed by atoms with Gasteiger partial charge in [0.25, 0.3) is 0 Å². The molecule has 1 N–H and O–H groups in total. The number of hydrogen-bond donors (Lipinski definition) is 1. The average molecular weight is 337 g/mol. The highest BCUT2D eigenvalue weighted by atomic mass is 16.5. The summed E-state index contributed by atoms with van der Waals surface area (Å²) in [5.74, 6) is -1.55. The van der Waals surface area contributed by atoms with Crippen molar-refractivity contribution >= 4 is 11.9 Å². The summed E-state index contributed by atoms with van der Waals surface area (Å²) in [6.45, 7) is 3.47. The maximum atomic E-state index is 12.5. The molecular weight excluding hydrogens is 314 g/mol. The van der Waals surface area contributed by atoms with E-state index >= 15 is 0 Å². The van der Waals surface area contributed by atoms with Crippen molar-refractivity contribution < 1.29 is 19.4 Å². The number of carboxylic acid groups (broad SMARTS) is 1. The van der Waals surface area contributed by atoms with Crippen LogP contribution in [0.5, 0.6) is 0 Å². The van der Waals surface area contributed by atoms with Gasteiger partial charge in [0, 0.05) is 45.4 Å². The smallest absolute Gasteiger partial charge is 0.309 e. The molecule has 1 atom stereocenters. The van der Waals surface area contributed by atoms with Crippen molar-refractivity contribution in [3.63, 3.8) is 0 Å². The lowest BCUT2D eigenvalue weighted by molar-refractivity contribution is -0.143. The second-order valence-electron chi connectivity index (χ2n) is 6.31. The number of nitrogens with zero attached hydrogens (tertiary/aromatic N) is 5. The molecule has 9 heteroatoms. The van der Waals surface area contributed by atoms with Gasteiger partial charge in [-0.15, -0.1) is 0 Å². The second-order valence-corrected chi connectivity index (χ2v) is 6.31. The Bertz CT molecular complexity index is 558. The SMILES string of the molecule is O=C(O)[C@@H]1CN(C(=O)Cn2cncn2)CCN(C2CCOCC2)C1. The maximum absolute atomic E-state index is 12.5. The maximum Gasteiger partial charge on any atom is 0.309 e. The highest BCUT2D eigenvalue weighted by Gasteiger charge is 2.33. The van der Waals surface area contributed by atoms with Crippen molar-refractivity contribution in [1.82, 2.24) is 24.6 Å². The predicted molar refractivity (Wildman–Crippen MR) is 83.1 cm³/mol. The Morgan fingerprint density at radius 2 is 2.00 bits per heavy atom. The van der Waals surface area contributed by atoms with Gasteiger partial charge < -0.3 is 14.7 Å². The van der Waals surface area contributed by atoms with Gasteiger partial charge >= 0.3 is 5.97 Å². The van der Waals surface area contributed by atoms with E-state index < -0.39 is 11.9 Å². The minimum absolute atomic E-state index is 0.0869. The van der Waals surface area contributed by atoms with E-state index in [0.717, 1.165) is 12.8 Å². The Hall–Kier alpha value is -2.00. The number of hydrogen-bond acceptors (Lipinski definition) is 6. The fraction of sp³-hybridized carbons (Fsp3) is 0.733. The molecule has 9 nitrogen and oxygen atoms in total. The Morgan fingerprint density at radius 3 is 2.67 bits per heavy atom. The molecule has 2 aliphatic rings. The number of carboxylic acids is 1. The van der Waals surface area contributed by atoms with E-state index in [1.165, 1.54) is 17.3 Å². The van der Waals surface area contributed by atoms with Crippen LogP contribution in [0.3, 0.4) is 0 Å². The molecular formula is C15H23N5O4. The molecule has 0 spiro atoms. The Kier molecular flexibility index (Phi) is 5.41. The molecule has 0 bridgehead atoms. The first-order valence-electron chi connectivity index (χ1n) is 8.28. The van der Waals surface area contributed by atoms with Gasteiger partial charge in [-0.25, -0.2) is 9.67 Å². The Morgan fingerprint density at radius 1 is 1.21 bits per heavy atom. The fourth-order valence-electron chi connectivity index (χ4n) is 3.36. The molecule has 3 heterocycles. The molecule has 0 unspecified atom stereocenters. The minimum Gasteiger partial charge on any atom is -0.481 e. The molecule has 0 saturated carbocycles. The zero-order chi connectivity index (χ0) is 16.9. The summed E-state index contributed by atoms with van der Waals surface area (Å²) in [5.41, 5.74) is 0. The molecule has 0 radical (unpaired) electrons. The molecule has 0 aromatic carbocycles. The van der Waals surface area contributed by atoms with Crippen molar-refractivity contribution in [3.8, 4) is 0 Å². The quantitative estimate of drug-likeness (QED) is 0.775. The summed E-state index contributed by atoms with van der Waals surface area (Å²) in [4.78, 5) is 31.8. The van der Waals surface area contributed by atoms with Crippen LogP contribution in [-0.2, 0) is 20.9 Å². The third kappa shape index (κ3) is 4.09. The fourth-order valence-corrected chi connectivity index (χ4v) is 3.36. The van der Waals surface area contributed by atoms with Crippen molar-refractivity contribution in [2.45, 2.75) is 25.4 Å². The van der Waals surface area contributed by atoms with Crippen LogP contribution < -0.4 is 0 Å². The number of carbonyl (C=O) groups excluding carboxylic acids is 1. The van der Waals surface area contributed by atoms with Gasteiger partial charge in [-0.05, 0) is 12.8 Å². The number of amides is 1. The van der Waals surface area contributed by atoms with Crippen LogP contribution in [0.25, 0.3) is 0 Å². The number of aliphatic carboxylic acids is 1. The summed E-state index contributed by atoms with van der Waals surface area (Å²) >= 11 is 0. The average Bonchev–Trinajstić information content (AvgIpc) is 2.98. The number of aromatic nitrogens is 3. The van der Waals surface area contributed by atoms with Crippen molar-refractivity contribution in [2.75, 3.05) is 39.4 Å². The zero-order valence-electron chi connectivity index (χ0n) is 13.6. The van der Waals surface area contributed by atoms with Gasteiger partial charge in [-0.3, -0.25) is 14.5 Å². The number of ether oxygens (including phenoxy) is 1. The lowest BCUT2D eigenvalue weighted by Crippen LogP contribution is -2.43. The van der Waals surface area contributed by atoms with Crippen LogP contribution in [-0.4, -0.2) is 87.0 Å². The van der Waals surface area contributed by atoms with Gasteiger partial charge in [0.15, 0.2) is 0 Å². The van der Waals surface area contributed by atoms with Crippen LogP contribution >= 0.6 is 0 Å². The molecule has 2 fully saturated rings. The van der Waals surface area contributed by atoms with Crippen LogP contribution in [0.1, 0.15) is 12.8 Å². The van der Waals surface area contributed by atoms with Crippen molar-refractivity contribution in [1.29, 1.82) is 0 Å². The molecule has 132 valence electrons.